The minimum absolute atomic E-state index is 0.0467. The van der Waals surface area contributed by atoms with Crippen LogP contribution >= 0.6 is 0 Å². The molecule has 4 rings (SSSR count). The molecule has 1 aromatic carbocycles. The number of hydrazone groups is 1. The molecule has 6 heteroatoms. The fourth-order valence-corrected chi connectivity index (χ4v) is 4.57. The first-order chi connectivity index (χ1) is 13.7. The molecule has 2 saturated heterocycles. The first-order valence-corrected chi connectivity index (χ1v) is 10.7. The molecule has 0 saturated carbocycles. The lowest BCUT2D eigenvalue weighted by atomic mass is 10.1. The van der Waals surface area contributed by atoms with Crippen LogP contribution in [0.5, 0.6) is 0 Å². The predicted octanol–water partition coefficient (Wildman–Crippen LogP) is 2.49. The maximum atomic E-state index is 12.7. The van der Waals surface area contributed by atoms with Crippen LogP contribution in [-0.4, -0.2) is 71.1 Å². The Morgan fingerprint density at radius 3 is 2.46 bits per heavy atom. The van der Waals surface area contributed by atoms with E-state index in [0.29, 0.717) is 19.0 Å². The van der Waals surface area contributed by atoms with E-state index in [-0.39, 0.29) is 18.2 Å². The molecule has 0 bridgehead atoms. The zero-order valence-electron chi connectivity index (χ0n) is 16.6. The van der Waals surface area contributed by atoms with Crippen LogP contribution in [0.4, 0.5) is 0 Å². The molecule has 6 nitrogen and oxygen atoms in total. The standard InChI is InChI=1S/C22H30N4O2/c27-21(25-15-6-9-19(25)17-24-13-4-5-14-24)10-11-22(28)26-16-12-20(23-26)18-7-2-1-3-8-18/h1-3,7-8,19H,4-6,9-17H2. The van der Waals surface area contributed by atoms with E-state index in [1.54, 1.807) is 5.01 Å². The second-order valence-electron chi connectivity index (χ2n) is 8.07. The number of hydrogen-bond donors (Lipinski definition) is 0. The molecule has 1 aromatic rings. The van der Waals surface area contributed by atoms with E-state index in [0.717, 1.165) is 56.7 Å². The van der Waals surface area contributed by atoms with Gasteiger partial charge in [-0.25, -0.2) is 5.01 Å². The summed E-state index contributed by atoms with van der Waals surface area (Å²) in [6, 6.07) is 10.3. The van der Waals surface area contributed by atoms with E-state index in [4.69, 9.17) is 0 Å². The van der Waals surface area contributed by atoms with Crippen LogP contribution in [0.25, 0.3) is 0 Å². The van der Waals surface area contributed by atoms with Crippen LogP contribution in [0.1, 0.15) is 50.5 Å². The Labute approximate surface area is 167 Å². The summed E-state index contributed by atoms with van der Waals surface area (Å²) in [7, 11) is 0. The molecule has 3 aliphatic heterocycles. The molecule has 0 radical (unpaired) electrons. The Bertz CT molecular complexity index is 727. The molecule has 3 aliphatic rings. The summed E-state index contributed by atoms with van der Waals surface area (Å²) >= 11 is 0. The van der Waals surface area contributed by atoms with E-state index >= 15 is 0 Å². The molecular formula is C22H30N4O2. The number of carbonyl (C=O) groups is 2. The van der Waals surface area contributed by atoms with Crippen LogP contribution in [-0.2, 0) is 9.59 Å². The molecular weight excluding hydrogens is 352 g/mol. The summed E-state index contributed by atoms with van der Waals surface area (Å²) in [5, 5.41) is 6.03. The average molecular weight is 383 g/mol. The van der Waals surface area contributed by atoms with Crippen molar-refractivity contribution in [3.8, 4) is 0 Å². The summed E-state index contributed by atoms with van der Waals surface area (Å²) in [5.74, 6) is 0.0797. The maximum absolute atomic E-state index is 12.7. The van der Waals surface area contributed by atoms with E-state index in [9.17, 15) is 9.59 Å². The molecule has 2 fully saturated rings. The molecule has 3 heterocycles. The van der Waals surface area contributed by atoms with Crippen molar-refractivity contribution in [1.29, 1.82) is 0 Å². The van der Waals surface area contributed by atoms with Crippen molar-refractivity contribution in [3.05, 3.63) is 35.9 Å². The van der Waals surface area contributed by atoms with Gasteiger partial charge in [0.25, 0.3) is 0 Å². The topological polar surface area (TPSA) is 56.2 Å². The number of benzene rings is 1. The van der Waals surface area contributed by atoms with Gasteiger partial charge in [-0.1, -0.05) is 30.3 Å². The Morgan fingerprint density at radius 2 is 1.68 bits per heavy atom. The van der Waals surface area contributed by atoms with Gasteiger partial charge in [0.15, 0.2) is 0 Å². The summed E-state index contributed by atoms with van der Waals surface area (Å²) in [6.45, 7) is 4.77. The van der Waals surface area contributed by atoms with Crippen molar-refractivity contribution in [2.24, 2.45) is 5.10 Å². The van der Waals surface area contributed by atoms with Gasteiger partial charge in [-0.05, 0) is 44.3 Å². The van der Waals surface area contributed by atoms with E-state index in [1.807, 2.05) is 35.2 Å². The quantitative estimate of drug-likeness (QED) is 0.760. The van der Waals surface area contributed by atoms with Crippen LogP contribution in [0.2, 0.25) is 0 Å². The van der Waals surface area contributed by atoms with Crippen molar-refractivity contribution < 1.29 is 9.59 Å². The number of hydrogen-bond acceptors (Lipinski definition) is 4. The van der Waals surface area contributed by atoms with Gasteiger partial charge in [-0.3, -0.25) is 9.59 Å². The van der Waals surface area contributed by atoms with Crippen molar-refractivity contribution in [2.75, 3.05) is 32.7 Å². The van der Waals surface area contributed by atoms with Crippen LogP contribution in [0.3, 0.4) is 0 Å². The van der Waals surface area contributed by atoms with E-state index < -0.39 is 0 Å². The number of rotatable bonds is 6. The monoisotopic (exact) mass is 382 g/mol. The first kappa shape index (κ1) is 19.1. The van der Waals surface area contributed by atoms with Crippen LogP contribution < -0.4 is 0 Å². The first-order valence-electron chi connectivity index (χ1n) is 10.7. The maximum Gasteiger partial charge on any atom is 0.243 e. The van der Waals surface area contributed by atoms with Gasteiger partial charge in [0.2, 0.25) is 11.8 Å². The zero-order valence-corrected chi connectivity index (χ0v) is 16.6. The molecule has 0 aromatic heterocycles. The third-order valence-electron chi connectivity index (χ3n) is 6.11. The molecule has 0 spiro atoms. The fourth-order valence-electron chi connectivity index (χ4n) is 4.57. The number of carbonyl (C=O) groups excluding carboxylic acids is 2. The van der Waals surface area contributed by atoms with Gasteiger partial charge in [0, 0.05) is 38.4 Å². The molecule has 0 aliphatic carbocycles. The smallest absolute Gasteiger partial charge is 0.243 e. The van der Waals surface area contributed by atoms with Gasteiger partial charge < -0.3 is 9.80 Å². The highest BCUT2D eigenvalue weighted by atomic mass is 16.2. The summed E-state index contributed by atoms with van der Waals surface area (Å²) in [4.78, 5) is 29.8. The van der Waals surface area contributed by atoms with Crippen molar-refractivity contribution in [1.82, 2.24) is 14.8 Å². The molecule has 150 valence electrons. The molecule has 0 N–H and O–H groups in total. The highest BCUT2D eigenvalue weighted by molar-refractivity contribution is 6.02. The molecule has 28 heavy (non-hydrogen) atoms. The highest BCUT2D eigenvalue weighted by Crippen LogP contribution is 2.22. The number of nitrogens with zero attached hydrogens (tertiary/aromatic N) is 4. The minimum Gasteiger partial charge on any atom is -0.338 e. The van der Waals surface area contributed by atoms with Crippen molar-refractivity contribution in [3.63, 3.8) is 0 Å². The summed E-state index contributed by atoms with van der Waals surface area (Å²) < 4.78 is 0. The third-order valence-corrected chi connectivity index (χ3v) is 6.11. The Kier molecular flexibility index (Phi) is 6.05. The van der Waals surface area contributed by atoms with Gasteiger partial charge in [-0.15, -0.1) is 0 Å². The second kappa shape index (κ2) is 8.86. The van der Waals surface area contributed by atoms with Gasteiger partial charge in [-0.2, -0.15) is 5.10 Å². The Morgan fingerprint density at radius 1 is 0.929 bits per heavy atom. The summed E-state index contributed by atoms with van der Waals surface area (Å²) in [5.41, 5.74) is 2.01. The lowest BCUT2D eigenvalue weighted by Gasteiger charge is -2.28. The second-order valence-corrected chi connectivity index (χ2v) is 8.07. The SMILES string of the molecule is O=C(CCC(=O)N1CCCC1CN1CCCC1)N1CCC(c2ccccc2)=N1. The predicted molar refractivity (Wildman–Crippen MR) is 109 cm³/mol. The van der Waals surface area contributed by atoms with Crippen molar-refractivity contribution in [2.45, 2.75) is 51.0 Å². The summed E-state index contributed by atoms with van der Waals surface area (Å²) in [6.07, 6.45) is 6.03. The Balaban J connectivity index is 1.27. The third kappa shape index (κ3) is 4.43. The Hall–Kier alpha value is -2.21. The molecule has 2 amide bonds. The number of likely N-dealkylation sites (tertiary alicyclic amines) is 2. The van der Waals surface area contributed by atoms with E-state index in [2.05, 4.69) is 10.0 Å². The van der Waals surface area contributed by atoms with Crippen molar-refractivity contribution >= 4 is 17.5 Å². The number of amides is 2. The van der Waals surface area contributed by atoms with Gasteiger partial charge >= 0.3 is 0 Å². The normalized spacial score (nSPS) is 22.7. The van der Waals surface area contributed by atoms with Crippen LogP contribution in [0, 0.1) is 0 Å². The highest BCUT2D eigenvalue weighted by Gasteiger charge is 2.31. The largest absolute Gasteiger partial charge is 0.338 e. The lowest BCUT2D eigenvalue weighted by molar-refractivity contribution is -0.137. The average Bonchev–Trinajstić information content (AvgIpc) is 3.48. The molecule has 1 unspecified atom stereocenters. The van der Waals surface area contributed by atoms with Crippen LogP contribution in [0.15, 0.2) is 35.4 Å². The molecule has 1 atom stereocenters. The lowest BCUT2D eigenvalue weighted by Crippen LogP contribution is -2.42. The fraction of sp³-hybridized carbons (Fsp3) is 0.591. The minimum atomic E-state index is -0.0467. The van der Waals surface area contributed by atoms with Gasteiger partial charge in [0.05, 0.1) is 12.3 Å². The van der Waals surface area contributed by atoms with Gasteiger partial charge in [0.1, 0.15) is 0 Å². The zero-order chi connectivity index (χ0) is 19.3. The van der Waals surface area contributed by atoms with E-state index in [1.165, 1.54) is 12.8 Å².